The van der Waals surface area contributed by atoms with E-state index in [9.17, 15) is 0 Å². The van der Waals surface area contributed by atoms with Gasteiger partial charge < -0.3 is 9.47 Å². The van der Waals surface area contributed by atoms with Crippen LogP contribution in [0.5, 0.6) is 0 Å². The number of rotatable bonds is 4. The van der Waals surface area contributed by atoms with Crippen LogP contribution in [-0.2, 0) is 7.05 Å². The van der Waals surface area contributed by atoms with E-state index in [2.05, 4.69) is 57.9 Å². The number of hydrogen-bond acceptors (Lipinski definition) is 3. The Morgan fingerprint density at radius 3 is 2.54 bits per heavy atom. The molecule has 0 bridgehead atoms. The Bertz CT molecular complexity index is 903. The molecule has 0 radical (unpaired) electrons. The number of aryl methyl sites for hydroxylation is 1. The molecular formula is C22H26N4. The number of piperidine rings is 1. The van der Waals surface area contributed by atoms with Crippen LogP contribution < -0.4 is 0 Å². The predicted octanol–water partition coefficient (Wildman–Crippen LogP) is 4.22. The Kier molecular flexibility index (Phi) is 4.01. The molecule has 4 heteroatoms. The van der Waals surface area contributed by atoms with Crippen molar-refractivity contribution in [1.29, 1.82) is 0 Å². The van der Waals surface area contributed by atoms with E-state index < -0.39 is 0 Å². The lowest BCUT2D eigenvalue weighted by molar-refractivity contribution is 0.203. The van der Waals surface area contributed by atoms with Gasteiger partial charge in [0.25, 0.3) is 0 Å². The first-order valence-corrected chi connectivity index (χ1v) is 9.87. The summed E-state index contributed by atoms with van der Waals surface area (Å²) in [5, 5.41) is 0. The predicted molar refractivity (Wildman–Crippen MR) is 105 cm³/mol. The summed E-state index contributed by atoms with van der Waals surface area (Å²) in [4.78, 5) is 12.4. The van der Waals surface area contributed by atoms with Gasteiger partial charge in [0.15, 0.2) is 0 Å². The molecule has 0 unspecified atom stereocenters. The first-order chi connectivity index (χ1) is 12.8. The minimum Gasteiger partial charge on any atom is -0.334 e. The van der Waals surface area contributed by atoms with Gasteiger partial charge in [0, 0.05) is 30.8 Å². The highest BCUT2D eigenvalue weighted by molar-refractivity contribution is 5.90. The zero-order valence-corrected chi connectivity index (χ0v) is 15.4. The van der Waals surface area contributed by atoms with Gasteiger partial charge in [-0.1, -0.05) is 30.3 Å². The van der Waals surface area contributed by atoms with Crippen molar-refractivity contribution in [2.75, 3.05) is 19.6 Å². The molecule has 0 amide bonds. The van der Waals surface area contributed by atoms with Crippen molar-refractivity contribution >= 4 is 11.0 Å². The number of aromatic nitrogens is 3. The number of pyridine rings is 1. The summed E-state index contributed by atoms with van der Waals surface area (Å²) in [6.45, 7) is 3.75. The normalized spacial score (nSPS) is 19.3. The molecule has 1 saturated carbocycles. The maximum absolute atomic E-state index is 5.11. The van der Waals surface area contributed by atoms with Crippen molar-refractivity contribution in [2.45, 2.75) is 31.6 Å². The fourth-order valence-electron chi connectivity index (χ4n) is 4.23. The van der Waals surface area contributed by atoms with Crippen LogP contribution in [0.2, 0.25) is 0 Å². The summed E-state index contributed by atoms with van der Waals surface area (Å²) >= 11 is 0. The summed E-state index contributed by atoms with van der Waals surface area (Å²) in [7, 11) is 2.08. The van der Waals surface area contributed by atoms with Gasteiger partial charge in [0.1, 0.15) is 5.52 Å². The van der Waals surface area contributed by atoms with Crippen LogP contribution in [0.1, 0.15) is 37.3 Å². The van der Waals surface area contributed by atoms with Crippen LogP contribution in [0.15, 0.2) is 42.7 Å². The lowest BCUT2D eigenvalue weighted by Crippen LogP contribution is -2.34. The monoisotopic (exact) mass is 346 g/mol. The average molecular weight is 346 g/mol. The van der Waals surface area contributed by atoms with E-state index in [1.54, 1.807) is 0 Å². The smallest absolute Gasteiger partial charge is 0.115 e. The van der Waals surface area contributed by atoms with Crippen LogP contribution in [-0.4, -0.2) is 39.1 Å². The molecule has 1 aliphatic carbocycles. The molecule has 2 fully saturated rings. The Balaban J connectivity index is 1.47. The molecule has 26 heavy (non-hydrogen) atoms. The van der Waals surface area contributed by atoms with Gasteiger partial charge in [-0.3, -0.25) is 4.98 Å². The molecule has 3 heterocycles. The molecule has 134 valence electrons. The van der Waals surface area contributed by atoms with Crippen molar-refractivity contribution in [3.05, 3.63) is 48.4 Å². The molecule has 5 rings (SSSR count). The van der Waals surface area contributed by atoms with Crippen molar-refractivity contribution in [2.24, 2.45) is 13.0 Å². The highest BCUT2D eigenvalue weighted by atomic mass is 15.1. The molecule has 4 nitrogen and oxygen atoms in total. The lowest BCUT2D eigenvalue weighted by atomic mass is 9.92. The summed E-state index contributed by atoms with van der Waals surface area (Å²) in [6, 6.07) is 12.8. The molecule has 1 saturated heterocycles. The van der Waals surface area contributed by atoms with Gasteiger partial charge in [-0.25, -0.2) is 4.98 Å². The fourth-order valence-corrected chi connectivity index (χ4v) is 4.23. The van der Waals surface area contributed by atoms with E-state index in [4.69, 9.17) is 4.98 Å². The van der Waals surface area contributed by atoms with Crippen molar-refractivity contribution in [3.8, 4) is 11.3 Å². The van der Waals surface area contributed by atoms with Crippen LogP contribution in [0.3, 0.4) is 0 Å². The third-order valence-electron chi connectivity index (χ3n) is 6.00. The highest BCUT2D eigenvalue weighted by Crippen LogP contribution is 2.35. The maximum Gasteiger partial charge on any atom is 0.115 e. The molecule has 0 N–H and O–H groups in total. The van der Waals surface area contributed by atoms with Gasteiger partial charge in [-0.05, 0) is 50.8 Å². The Morgan fingerprint density at radius 1 is 1.04 bits per heavy atom. The first kappa shape index (κ1) is 16.0. The molecule has 0 atom stereocenters. The quantitative estimate of drug-likeness (QED) is 0.709. The van der Waals surface area contributed by atoms with E-state index >= 15 is 0 Å². The number of benzene rings is 1. The van der Waals surface area contributed by atoms with Crippen LogP contribution in [0.4, 0.5) is 0 Å². The summed E-state index contributed by atoms with van der Waals surface area (Å²) < 4.78 is 2.12. The van der Waals surface area contributed by atoms with Crippen LogP contribution in [0.25, 0.3) is 22.3 Å². The minimum atomic E-state index is 0.562. The van der Waals surface area contributed by atoms with Crippen molar-refractivity contribution in [1.82, 2.24) is 19.4 Å². The third kappa shape index (κ3) is 3.03. The molecule has 3 aromatic rings. The SMILES string of the molecule is Cn1cnc2c(-c3ccccc3)nc(C3CCN(CC4CC4)CC3)cc21. The van der Waals surface area contributed by atoms with Gasteiger partial charge in [-0.2, -0.15) is 0 Å². The maximum atomic E-state index is 5.11. The first-order valence-electron chi connectivity index (χ1n) is 9.87. The van der Waals surface area contributed by atoms with E-state index in [1.165, 1.54) is 56.5 Å². The zero-order valence-electron chi connectivity index (χ0n) is 15.4. The molecule has 1 aliphatic heterocycles. The number of imidazole rings is 1. The number of hydrogen-bond donors (Lipinski definition) is 0. The second kappa shape index (κ2) is 6.51. The van der Waals surface area contributed by atoms with Crippen molar-refractivity contribution in [3.63, 3.8) is 0 Å². The van der Waals surface area contributed by atoms with E-state index in [-0.39, 0.29) is 0 Å². The third-order valence-corrected chi connectivity index (χ3v) is 6.00. The number of likely N-dealkylation sites (tertiary alicyclic amines) is 1. The van der Waals surface area contributed by atoms with Gasteiger partial charge >= 0.3 is 0 Å². The van der Waals surface area contributed by atoms with Crippen LogP contribution in [0, 0.1) is 5.92 Å². The Morgan fingerprint density at radius 2 is 1.81 bits per heavy atom. The zero-order chi connectivity index (χ0) is 17.5. The lowest BCUT2D eigenvalue weighted by Gasteiger charge is -2.31. The standard InChI is InChI=1S/C22H26N4/c1-25-15-23-22-20(25)13-19(24-21(22)18-5-3-2-4-6-18)17-9-11-26(12-10-17)14-16-7-8-16/h2-6,13,15-17H,7-12,14H2,1H3. The molecule has 0 spiro atoms. The van der Waals surface area contributed by atoms with Gasteiger partial charge in [0.2, 0.25) is 0 Å². The second-order valence-electron chi connectivity index (χ2n) is 8.00. The second-order valence-corrected chi connectivity index (χ2v) is 8.00. The summed E-state index contributed by atoms with van der Waals surface area (Å²) in [6.07, 6.45) is 7.23. The van der Waals surface area contributed by atoms with Gasteiger partial charge in [0.05, 0.1) is 17.5 Å². The minimum absolute atomic E-state index is 0.562. The number of fused-ring (bicyclic) bond motifs is 1. The van der Waals surface area contributed by atoms with Crippen LogP contribution >= 0.6 is 0 Å². The molecule has 1 aromatic carbocycles. The molecular weight excluding hydrogens is 320 g/mol. The Hall–Kier alpha value is -2.20. The summed E-state index contributed by atoms with van der Waals surface area (Å²) in [5.41, 5.74) is 5.62. The highest BCUT2D eigenvalue weighted by Gasteiger charge is 2.28. The van der Waals surface area contributed by atoms with Gasteiger partial charge in [-0.15, -0.1) is 0 Å². The molecule has 2 aliphatic rings. The summed E-state index contributed by atoms with van der Waals surface area (Å²) in [5.74, 6) is 1.55. The van der Waals surface area contributed by atoms with E-state index in [0.717, 1.165) is 22.7 Å². The average Bonchev–Trinajstić information content (AvgIpc) is 3.43. The topological polar surface area (TPSA) is 34.0 Å². The Labute approximate surface area is 154 Å². The fraction of sp³-hybridized carbons (Fsp3) is 0.455. The number of nitrogens with zero attached hydrogens (tertiary/aromatic N) is 4. The van der Waals surface area contributed by atoms with E-state index in [1.807, 2.05) is 6.33 Å². The molecule has 2 aromatic heterocycles. The van der Waals surface area contributed by atoms with E-state index in [0.29, 0.717) is 5.92 Å². The largest absolute Gasteiger partial charge is 0.334 e. The van der Waals surface area contributed by atoms with Crippen molar-refractivity contribution < 1.29 is 0 Å².